The second-order valence-electron chi connectivity index (χ2n) is 4.66. The summed E-state index contributed by atoms with van der Waals surface area (Å²) in [5, 5.41) is 4.23. The lowest BCUT2D eigenvalue weighted by Gasteiger charge is -2.04. The number of nitrogens with one attached hydrogen (secondary N) is 1. The molecular weight excluding hydrogens is 310 g/mol. The normalized spacial score (nSPS) is 11.7. The van der Waals surface area contributed by atoms with Crippen LogP contribution in [0.5, 0.6) is 0 Å². The smallest absolute Gasteiger partial charge is 0.211 e. The predicted octanol–water partition coefficient (Wildman–Crippen LogP) is 2.31. The molecule has 1 aromatic carbocycles. The van der Waals surface area contributed by atoms with Crippen LogP contribution in [0.4, 0.5) is 0 Å². The van der Waals surface area contributed by atoms with Crippen LogP contribution in [-0.2, 0) is 16.6 Å². The van der Waals surface area contributed by atoms with Crippen molar-refractivity contribution in [2.24, 2.45) is 0 Å². The highest BCUT2D eigenvalue weighted by Crippen LogP contribution is 2.08. The summed E-state index contributed by atoms with van der Waals surface area (Å²) in [6.07, 6.45) is 4.75. The van der Waals surface area contributed by atoms with E-state index in [2.05, 4.69) is 9.82 Å². The van der Waals surface area contributed by atoms with Gasteiger partial charge in [-0.25, -0.2) is 17.8 Å². The van der Waals surface area contributed by atoms with Gasteiger partial charge in [0.1, 0.15) is 0 Å². The van der Waals surface area contributed by atoms with E-state index in [-0.39, 0.29) is 12.3 Å². The first-order valence-corrected chi connectivity index (χ1v) is 8.92. The Bertz CT molecular complexity index is 656. The molecule has 0 aliphatic carbocycles. The zero-order chi connectivity index (χ0) is 15.1. The fourth-order valence-electron chi connectivity index (χ4n) is 1.83. The molecule has 0 fully saturated rings. The summed E-state index contributed by atoms with van der Waals surface area (Å²) < 4.78 is 27.8. The number of benzene rings is 1. The highest BCUT2D eigenvalue weighted by Gasteiger charge is 2.10. The van der Waals surface area contributed by atoms with Gasteiger partial charge in [-0.3, -0.25) is 0 Å². The van der Waals surface area contributed by atoms with Gasteiger partial charge in [-0.2, -0.15) is 5.10 Å². The molecule has 0 aliphatic rings. The van der Waals surface area contributed by atoms with E-state index in [1.165, 1.54) is 0 Å². The first-order chi connectivity index (χ1) is 10.1. The van der Waals surface area contributed by atoms with Gasteiger partial charge in [0, 0.05) is 24.2 Å². The molecule has 0 aliphatic heterocycles. The molecule has 0 saturated heterocycles. The van der Waals surface area contributed by atoms with Crippen LogP contribution in [0, 0.1) is 0 Å². The summed E-state index contributed by atoms with van der Waals surface area (Å²) in [4.78, 5) is 0. The van der Waals surface area contributed by atoms with Gasteiger partial charge in [-0.05, 0) is 25.0 Å². The number of nitrogens with zero attached hydrogens (tertiary/aromatic N) is 2. The number of halogens is 1. The number of sulfonamides is 1. The van der Waals surface area contributed by atoms with E-state index >= 15 is 0 Å². The van der Waals surface area contributed by atoms with Crippen molar-refractivity contribution >= 4 is 21.6 Å². The van der Waals surface area contributed by atoms with Crippen LogP contribution in [0.15, 0.2) is 42.7 Å². The highest BCUT2D eigenvalue weighted by molar-refractivity contribution is 7.89. The van der Waals surface area contributed by atoms with Crippen LogP contribution < -0.4 is 4.72 Å². The average Bonchev–Trinajstić information content (AvgIpc) is 2.95. The fourth-order valence-corrected chi connectivity index (χ4v) is 3.13. The molecule has 0 atom stereocenters. The van der Waals surface area contributed by atoms with Crippen molar-refractivity contribution in [3.63, 3.8) is 0 Å². The molecule has 21 heavy (non-hydrogen) atoms. The van der Waals surface area contributed by atoms with Crippen molar-refractivity contribution in [1.29, 1.82) is 0 Å². The molecule has 1 N–H and O–H groups in total. The number of unbranched alkanes of at least 4 members (excludes halogenated alkanes) is 1. The van der Waals surface area contributed by atoms with Gasteiger partial charge in [0.15, 0.2) is 0 Å². The summed E-state index contributed by atoms with van der Waals surface area (Å²) in [6, 6.07) is 9.66. The van der Waals surface area contributed by atoms with Crippen molar-refractivity contribution in [2.45, 2.75) is 19.4 Å². The van der Waals surface area contributed by atoms with Crippen LogP contribution in [0.25, 0.3) is 5.69 Å². The number of para-hydroxylation sites is 1. The maximum atomic E-state index is 11.8. The lowest BCUT2D eigenvalue weighted by molar-refractivity contribution is 0.578. The van der Waals surface area contributed by atoms with Crippen molar-refractivity contribution in [3.8, 4) is 5.69 Å². The molecule has 5 nitrogen and oxygen atoms in total. The third-order valence-electron chi connectivity index (χ3n) is 2.95. The minimum absolute atomic E-state index is 0.104. The summed E-state index contributed by atoms with van der Waals surface area (Å²) in [5.74, 6) is 0.589. The van der Waals surface area contributed by atoms with E-state index < -0.39 is 10.0 Å². The Labute approximate surface area is 130 Å². The molecule has 2 rings (SSSR count). The summed E-state index contributed by atoms with van der Waals surface area (Å²) in [6.45, 7) is 0.246. The van der Waals surface area contributed by atoms with Crippen molar-refractivity contribution in [3.05, 3.63) is 48.3 Å². The predicted molar refractivity (Wildman–Crippen MR) is 84.1 cm³/mol. The monoisotopic (exact) mass is 327 g/mol. The lowest BCUT2D eigenvalue weighted by Crippen LogP contribution is -2.25. The summed E-state index contributed by atoms with van der Waals surface area (Å²) in [5.41, 5.74) is 1.76. The van der Waals surface area contributed by atoms with Crippen LogP contribution in [0.2, 0.25) is 0 Å². The van der Waals surface area contributed by atoms with E-state index in [9.17, 15) is 8.42 Å². The first-order valence-electron chi connectivity index (χ1n) is 6.73. The molecule has 0 amide bonds. The molecule has 0 saturated carbocycles. The van der Waals surface area contributed by atoms with E-state index in [0.29, 0.717) is 18.7 Å². The van der Waals surface area contributed by atoms with Crippen LogP contribution in [0.3, 0.4) is 0 Å². The SMILES string of the molecule is O=S(=O)(CCCCCl)NCc1cnn(-c2ccccc2)c1. The number of rotatable bonds is 8. The molecular formula is C14H18ClN3O2S. The largest absolute Gasteiger partial charge is 0.241 e. The maximum absolute atomic E-state index is 11.8. The maximum Gasteiger partial charge on any atom is 0.211 e. The van der Waals surface area contributed by atoms with Gasteiger partial charge in [0.05, 0.1) is 17.6 Å². The number of hydrogen-bond donors (Lipinski definition) is 1. The van der Waals surface area contributed by atoms with Gasteiger partial charge in [-0.1, -0.05) is 18.2 Å². The summed E-state index contributed by atoms with van der Waals surface area (Å²) in [7, 11) is -3.25. The van der Waals surface area contributed by atoms with Gasteiger partial charge >= 0.3 is 0 Å². The Morgan fingerprint density at radius 1 is 1.19 bits per heavy atom. The van der Waals surface area contributed by atoms with Gasteiger partial charge in [0.25, 0.3) is 0 Å². The number of alkyl halides is 1. The fraction of sp³-hybridized carbons (Fsp3) is 0.357. The van der Waals surface area contributed by atoms with Crippen LogP contribution in [0.1, 0.15) is 18.4 Å². The number of hydrogen-bond acceptors (Lipinski definition) is 3. The minimum Gasteiger partial charge on any atom is -0.241 e. The van der Waals surface area contributed by atoms with Gasteiger partial charge < -0.3 is 0 Å². The molecule has 7 heteroatoms. The molecule has 0 bridgehead atoms. The molecule has 0 radical (unpaired) electrons. The third kappa shape index (κ3) is 5.15. The van der Waals surface area contributed by atoms with E-state index in [1.54, 1.807) is 10.9 Å². The molecule has 0 spiro atoms. The molecule has 1 aromatic heterocycles. The molecule has 1 heterocycles. The highest BCUT2D eigenvalue weighted by atomic mass is 35.5. The zero-order valence-electron chi connectivity index (χ0n) is 11.6. The van der Waals surface area contributed by atoms with Gasteiger partial charge in [-0.15, -0.1) is 11.6 Å². The van der Waals surface area contributed by atoms with E-state index in [0.717, 1.165) is 11.3 Å². The van der Waals surface area contributed by atoms with E-state index in [4.69, 9.17) is 11.6 Å². The van der Waals surface area contributed by atoms with Crippen LogP contribution >= 0.6 is 11.6 Å². The Hall–Kier alpha value is -1.37. The molecule has 114 valence electrons. The van der Waals surface area contributed by atoms with E-state index in [1.807, 2.05) is 36.5 Å². The second kappa shape index (κ2) is 7.59. The quantitative estimate of drug-likeness (QED) is 0.597. The molecule has 0 unspecified atom stereocenters. The van der Waals surface area contributed by atoms with Gasteiger partial charge in [0.2, 0.25) is 10.0 Å². The molecule has 2 aromatic rings. The van der Waals surface area contributed by atoms with Crippen molar-refractivity contribution < 1.29 is 8.42 Å². The van der Waals surface area contributed by atoms with Crippen molar-refractivity contribution in [2.75, 3.05) is 11.6 Å². The Morgan fingerprint density at radius 2 is 1.95 bits per heavy atom. The minimum atomic E-state index is -3.25. The van der Waals surface area contributed by atoms with Crippen LogP contribution in [-0.4, -0.2) is 29.8 Å². The average molecular weight is 328 g/mol. The third-order valence-corrected chi connectivity index (χ3v) is 4.63. The Kier molecular flexibility index (Phi) is 5.78. The van der Waals surface area contributed by atoms with Crippen molar-refractivity contribution in [1.82, 2.24) is 14.5 Å². The lowest BCUT2D eigenvalue weighted by atomic mass is 10.3. The topological polar surface area (TPSA) is 64.0 Å². The first kappa shape index (κ1) is 16.0. The zero-order valence-corrected chi connectivity index (χ0v) is 13.1. The summed E-state index contributed by atoms with van der Waals surface area (Å²) >= 11 is 5.54. The second-order valence-corrected chi connectivity index (χ2v) is 6.97. The Morgan fingerprint density at radius 3 is 2.67 bits per heavy atom. The number of aromatic nitrogens is 2. The Balaban J connectivity index is 1.91. The standard InChI is InChI=1S/C14H18ClN3O2S/c15-8-4-5-9-21(19,20)17-11-13-10-16-18(12-13)14-6-2-1-3-7-14/h1-3,6-7,10,12,17H,4-5,8-9,11H2.